The van der Waals surface area contributed by atoms with Gasteiger partial charge >= 0.3 is 17.9 Å². The highest BCUT2D eigenvalue weighted by atomic mass is 16.7. The molecule has 0 aromatic rings. The number of aliphatic hydroxyl groups is 2. The standard InChI is InChI=1S/C12H18O9/c1-5(13)18-4-8-9(16)10(19-6(2)14)11(12(17)21-8)20-7(3)15/h8-12,16-17H,4H2,1-3H3/t8?,9-,10?,11-,12?/m0/s1. The molecular weight excluding hydrogens is 288 g/mol. The first-order valence-electron chi connectivity index (χ1n) is 6.21. The van der Waals surface area contributed by atoms with Crippen molar-refractivity contribution in [1.29, 1.82) is 0 Å². The lowest BCUT2D eigenvalue weighted by atomic mass is 9.98. The lowest BCUT2D eigenvalue weighted by Crippen LogP contribution is -2.61. The van der Waals surface area contributed by atoms with Gasteiger partial charge in [-0.15, -0.1) is 0 Å². The maximum absolute atomic E-state index is 11.1. The molecule has 0 amide bonds. The normalized spacial score (nSPS) is 32.1. The second-order valence-electron chi connectivity index (χ2n) is 4.51. The Balaban J connectivity index is 2.87. The molecule has 2 N–H and O–H groups in total. The van der Waals surface area contributed by atoms with Gasteiger partial charge in [0, 0.05) is 20.8 Å². The Hall–Kier alpha value is -1.71. The minimum atomic E-state index is -1.64. The molecule has 1 saturated heterocycles. The number of hydrogen-bond acceptors (Lipinski definition) is 9. The molecule has 21 heavy (non-hydrogen) atoms. The van der Waals surface area contributed by atoms with Crippen molar-refractivity contribution in [2.45, 2.75) is 51.5 Å². The molecule has 3 unspecified atom stereocenters. The second-order valence-corrected chi connectivity index (χ2v) is 4.51. The molecule has 1 fully saturated rings. The van der Waals surface area contributed by atoms with Crippen molar-refractivity contribution in [3.05, 3.63) is 0 Å². The Morgan fingerprint density at radius 2 is 1.48 bits per heavy atom. The van der Waals surface area contributed by atoms with Gasteiger partial charge in [0.05, 0.1) is 0 Å². The molecular formula is C12H18O9. The Kier molecular flexibility index (Phi) is 6.06. The van der Waals surface area contributed by atoms with Crippen molar-refractivity contribution in [2.75, 3.05) is 6.61 Å². The van der Waals surface area contributed by atoms with Crippen molar-refractivity contribution >= 4 is 17.9 Å². The number of esters is 3. The summed E-state index contributed by atoms with van der Waals surface area (Å²) in [5.41, 5.74) is 0. The van der Waals surface area contributed by atoms with E-state index in [0.717, 1.165) is 20.8 Å². The van der Waals surface area contributed by atoms with Crippen LogP contribution in [0.1, 0.15) is 20.8 Å². The number of carbonyl (C=O) groups is 3. The van der Waals surface area contributed by atoms with Gasteiger partial charge in [0.2, 0.25) is 0 Å². The van der Waals surface area contributed by atoms with Gasteiger partial charge < -0.3 is 29.2 Å². The Morgan fingerprint density at radius 3 is 1.95 bits per heavy atom. The predicted octanol–water partition coefficient (Wildman–Crippen LogP) is -1.51. The van der Waals surface area contributed by atoms with Crippen molar-refractivity contribution in [1.82, 2.24) is 0 Å². The molecule has 1 aliphatic heterocycles. The van der Waals surface area contributed by atoms with Crippen LogP contribution in [0.25, 0.3) is 0 Å². The molecule has 0 aromatic carbocycles. The van der Waals surface area contributed by atoms with E-state index in [9.17, 15) is 24.6 Å². The van der Waals surface area contributed by atoms with Crippen LogP contribution in [0.4, 0.5) is 0 Å². The molecule has 0 saturated carbocycles. The van der Waals surface area contributed by atoms with Gasteiger partial charge in [0.25, 0.3) is 0 Å². The van der Waals surface area contributed by atoms with Crippen molar-refractivity contribution in [2.24, 2.45) is 0 Å². The van der Waals surface area contributed by atoms with E-state index in [1.165, 1.54) is 0 Å². The molecule has 5 atom stereocenters. The van der Waals surface area contributed by atoms with Crippen LogP contribution in [0.2, 0.25) is 0 Å². The van der Waals surface area contributed by atoms with E-state index in [0.29, 0.717) is 0 Å². The van der Waals surface area contributed by atoms with Gasteiger partial charge in [-0.05, 0) is 0 Å². The zero-order valence-corrected chi connectivity index (χ0v) is 11.8. The molecule has 0 spiro atoms. The zero-order valence-electron chi connectivity index (χ0n) is 11.8. The van der Waals surface area contributed by atoms with E-state index in [-0.39, 0.29) is 6.61 Å². The number of carbonyl (C=O) groups excluding carboxylic acids is 3. The topological polar surface area (TPSA) is 129 Å². The molecule has 120 valence electrons. The summed E-state index contributed by atoms with van der Waals surface area (Å²) in [5.74, 6) is -2.09. The maximum atomic E-state index is 11.1. The van der Waals surface area contributed by atoms with Crippen LogP contribution >= 0.6 is 0 Å². The number of hydrogen-bond donors (Lipinski definition) is 2. The highest BCUT2D eigenvalue weighted by Crippen LogP contribution is 2.25. The molecule has 1 heterocycles. The van der Waals surface area contributed by atoms with Gasteiger partial charge in [0.15, 0.2) is 18.5 Å². The first kappa shape index (κ1) is 17.3. The third-order valence-corrected chi connectivity index (χ3v) is 2.69. The summed E-state index contributed by atoms with van der Waals surface area (Å²) in [7, 11) is 0. The summed E-state index contributed by atoms with van der Waals surface area (Å²) >= 11 is 0. The third-order valence-electron chi connectivity index (χ3n) is 2.69. The molecule has 0 bridgehead atoms. The third kappa shape index (κ3) is 4.96. The van der Waals surface area contributed by atoms with E-state index in [1.807, 2.05) is 0 Å². The number of rotatable bonds is 4. The van der Waals surface area contributed by atoms with Crippen molar-refractivity contribution in [3.8, 4) is 0 Å². The minimum Gasteiger partial charge on any atom is -0.463 e. The minimum absolute atomic E-state index is 0.349. The number of aliphatic hydroxyl groups excluding tert-OH is 2. The van der Waals surface area contributed by atoms with Crippen LogP contribution < -0.4 is 0 Å². The molecule has 9 nitrogen and oxygen atoms in total. The van der Waals surface area contributed by atoms with Crippen LogP contribution in [0.15, 0.2) is 0 Å². The molecule has 1 aliphatic rings. The van der Waals surface area contributed by atoms with Crippen molar-refractivity contribution < 1.29 is 43.5 Å². The van der Waals surface area contributed by atoms with E-state index < -0.39 is 48.6 Å². The van der Waals surface area contributed by atoms with Crippen LogP contribution in [0.5, 0.6) is 0 Å². The predicted molar refractivity (Wildman–Crippen MR) is 64.6 cm³/mol. The van der Waals surface area contributed by atoms with Gasteiger partial charge in [-0.25, -0.2) is 0 Å². The fourth-order valence-electron chi connectivity index (χ4n) is 1.89. The first-order chi connectivity index (χ1) is 9.72. The fraction of sp³-hybridized carbons (Fsp3) is 0.750. The quantitative estimate of drug-likeness (QED) is 0.470. The molecule has 1 rings (SSSR count). The molecule has 0 aromatic heterocycles. The summed E-state index contributed by atoms with van der Waals surface area (Å²) in [6, 6.07) is 0. The van der Waals surface area contributed by atoms with Gasteiger partial charge in [0.1, 0.15) is 18.8 Å². The summed E-state index contributed by atoms with van der Waals surface area (Å²) < 4.78 is 19.4. The van der Waals surface area contributed by atoms with Crippen LogP contribution in [-0.2, 0) is 33.3 Å². The summed E-state index contributed by atoms with van der Waals surface area (Å²) in [5, 5.41) is 19.9. The van der Waals surface area contributed by atoms with Crippen molar-refractivity contribution in [3.63, 3.8) is 0 Å². The van der Waals surface area contributed by atoms with Gasteiger partial charge in [-0.1, -0.05) is 0 Å². The summed E-state index contributed by atoms with van der Waals surface area (Å²) in [6.07, 6.45) is -6.92. The first-order valence-corrected chi connectivity index (χ1v) is 6.21. The van der Waals surface area contributed by atoms with E-state index in [2.05, 4.69) is 4.74 Å². The largest absolute Gasteiger partial charge is 0.463 e. The van der Waals surface area contributed by atoms with Gasteiger partial charge in [-0.3, -0.25) is 14.4 Å². The smallest absolute Gasteiger partial charge is 0.303 e. The summed E-state index contributed by atoms with van der Waals surface area (Å²) in [6.45, 7) is 3.00. The van der Waals surface area contributed by atoms with Crippen LogP contribution in [-0.4, -0.2) is 65.4 Å². The van der Waals surface area contributed by atoms with E-state index in [4.69, 9.17) is 14.2 Å². The Morgan fingerprint density at radius 1 is 0.952 bits per heavy atom. The average Bonchev–Trinajstić information content (AvgIpc) is 2.35. The zero-order chi connectivity index (χ0) is 16.2. The second kappa shape index (κ2) is 7.34. The van der Waals surface area contributed by atoms with Crippen LogP contribution in [0.3, 0.4) is 0 Å². The van der Waals surface area contributed by atoms with E-state index >= 15 is 0 Å². The molecule has 9 heteroatoms. The Labute approximate surface area is 120 Å². The highest BCUT2D eigenvalue weighted by molar-refractivity contribution is 5.67. The van der Waals surface area contributed by atoms with Gasteiger partial charge in [-0.2, -0.15) is 0 Å². The van der Waals surface area contributed by atoms with E-state index in [1.54, 1.807) is 0 Å². The SMILES string of the molecule is CC(=O)OCC1OC(O)[C@@H](OC(C)=O)C(OC(C)=O)[C@H]1O. The highest BCUT2D eigenvalue weighted by Gasteiger charge is 2.49. The maximum Gasteiger partial charge on any atom is 0.303 e. The summed E-state index contributed by atoms with van der Waals surface area (Å²) in [4.78, 5) is 32.9. The fourth-order valence-corrected chi connectivity index (χ4v) is 1.89. The lowest BCUT2D eigenvalue weighted by Gasteiger charge is -2.41. The van der Waals surface area contributed by atoms with Crippen LogP contribution in [0, 0.1) is 0 Å². The molecule has 0 radical (unpaired) electrons. The average molecular weight is 306 g/mol. The Bertz CT molecular complexity index is 408. The molecule has 0 aliphatic carbocycles. The monoisotopic (exact) mass is 306 g/mol. The lowest BCUT2D eigenvalue weighted by molar-refractivity contribution is -0.293. The number of ether oxygens (including phenoxy) is 4.